The fourth-order valence-electron chi connectivity index (χ4n) is 5.71. The molecular formula is C17H28N2O2. The molecule has 1 aliphatic heterocycles. The smallest absolute Gasteiger partial charge is 0.227 e. The van der Waals surface area contributed by atoms with Crippen LogP contribution < -0.4 is 10.6 Å². The second-order valence-electron chi connectivity index (χ2n) is 7.77. The average molecular weight is 292 g/mol. The van der Waals surface area contributed by atoms with E-state index in [0.717, 1.165) is 30.2 Å². The molecule has 4 heteroatoms. The minimum absolute atomic E-state index is 0.00198. The molecule has 2 atom stereocenters. The second-order valence-corrected chi connectivity index (χ2v) is 7.77. The van der Waals surface area contributed by atoms with E-state index in [2.05, 4.69) is 17.6 Å². The van der Waals surface area contributed by atoms with Gasteiger partial charge in [-0.3, -0.25) is 4.79 Å². The molecule has 4 saturated carbocycles. The molecule has 1 heterocycles. The van der Waals surface area contributed by atoms with E-state index in [-0.39, 0.29) is 17.9 Å². The molecule has 2 N–H and O–H groups in total. The van der Waals surface area contributed by atoms with Crippen LogP contribution in [-0.2, 0) is 9.53 Å². The lowest BCUT2D eigenvalue weighted by Crippen LogP contribution is -2.57. The van der Waals surface area contributed by atoms with Crippen molar-refractivity contribution in [1.82, 2.24) is 10.6 Å². The summed E-state index contributed by atoms with van der Waals surface area (Å²) in [5.41, 5.74) is 0. The van der Waals surface area contributed by atoms with Crippen molar-refractivity contribution in [3.63, 3.8) is 0 Å². The van der Waals surface area contributed by atoms with Crippen molar-refractivity contribution in [1.29, 1.82) is 0 Å². The number of carbonyl (C=O) groups excluding carboxylic acids is 1. The molecule has 1 saturated heterocycles. The third-order valence-electron chi connectivity index (χ3n) is 6.42. The summed E-state index contributed by atoms with van der Waals surface area (Å²) in [4.78, 5) is 12.7. The molecule has 5 aliphatic rings. The third kappa shape index (κ3) is 2.50. The van der Waals surface area contributed by atoms with Crippen molar-refractivity contribution in [3.05, 3.63) is 0 Å². The molecule has 21 heavy (non-hydrogen) atoms. The van der Waals surface area contributed by atoms with Gasteiger partial charge in [-0.25, -0.2) is 0 Å². The Morgan fingerprint density at radius 2 is 1.71 bits per heavy atom. The van der Waals surface area contributed by atoms with Crippen molar-refractivity contribution in [2.45, 2.75) is 51.1 Å². The second kappa shape index (κ2) is 5.54. The van der Waals surface area contributed by atoms with E-state index in [1.165, 1.54) is 32.1 Å². The highest BCUT2D eigenvalue weighted by atomic mass is 16.5. The molecule has 2 unspecified atom stereocenters. The third-order valence-corrected chi connectivity index (χ3v) is 6.42. The number of amides is 1. The molecule has 4 bridgehead atoms. The molecule has 4 aliphatic carbocycles. The van der Waals surface area contributed by atoms with Crippen molar-refractivity contribution >= 4 is 5.91 Å². The first kappa shape index (κ1) is 14.0. The molecule has 0 aromatic carbocycles. The molecule has 5 fully saturated rings. The van der Waals surface area contributed by atoms with Gasteiger partial charge in [0.25, 0.3) is 0 Å². The van der Waals surface area contributed by atoms with Gasteiger partial charge in [0, 0.05) is 12.1 Å². The molecular weight excluding hydrogens is 264 g/mol. The largest absolute Gasteiger partial charge is 0.379 e. The lowest BCUT2D eigenvalue weighted by molar-refractivity contribution is -0.129. The predicted molar refractivity (Wildman–Crippen MR) is 80.7 cm³/mol. The SMILES string of the molecule is CCNC1COCC1C(=O)NC1C2CC3CC(C2)CC1C3. The molecule has 0 aromatic rings. The highest BCUT2D eigenvalue weighted by Gasteiger charge is 2.49. The normalized spacial score (nSPS) is 47.8. The van der Waals surface area contributed by atoms with Gasteiger partial charge in [0.1, 0.15) is 0 Å². The van der Waals surface area contributed by atoms with Crippen molar-refractivity contribution in [2.75, 3.05) is 19.8 Å². The Kier molecular flexibility index (Phi) is 3.70. The van der Waals surface area contributed by atoms with E-state index in [1.54, 1.807) is 0 Å². The van der Waals surface area contributed by atoms with Crippen LogP contribution in [0.1, 0.15) is 39.0 Å². The van der Waals surface area contributed by atoms with Gasteiger partial charge in [0.2, 0.25) is 5.91 Å². The number of carbonyl (C=O) groups is 1. The van der Waals surface area contributed by atoms with Crippen LogP contribution in [0.2, 0.25) is 0 Å². The quantitative estimate of drug-likeness (QED) is 0.826. The Balaban J connectivity index is 1.40. The first-order chi connectivity index (χ1) is 10.2. The zero-order valence-corrected chi connectivity index (χ0v) is 13.0. The maximum atomic E-state index is 12.7. The Morgan fingerprint density at radius 1 is 1.05 bits per heavy atom. The standard InChI is InChI=1S/C17H28N2O2/c1-2-18-15-9-21-8-14(15)17(20)19-16-12-4-10-3-11(6-12)7-13(16)5-10/h10-16,18H,2-9H2,1H3,(H,19,20). The summed E-state index contributed by atoms with van der Waals surface area (Å²) in [6.07, 6.45) is 6.89. The summed E-state index contributed by atoms with van der Waals surface area (Å²) >= 11 is 0. The van der Waals surface area contributed by atoms with E-state index in [0.29, 0.717) is 19.3 Å². The van der Waals surface area contributed by atoms with Gasteiger partial charge in [0.05, 0.1) is 19.1 Å². The average Bonchev–Trinajstić information content (AvgIpc) is 2.90. The van der Waals surface area contributed by atoms with Gasteiger partial charge < -0.3 is 15.4 Å². The number of hydrogen-bond acceptors (Lipinski definition) is 3. The van der Waals surface area contributed by atoms with Crippen LogP contribution in [0.3, 0.4) is 0 Å². The summed E-state index contributed by atoms with van der Waals surface area (Å²) < 4.78 is 5.53. The predicted octanol–water partition coefficient (Wildman–Crippen LogP) is 1.55. The Bertz CT molecular complexity index is 384. The Hall–Kier alpha value is -0.610. The van der Waals surface area contributed by atoms with Gasteiger partial charge in [-0.1, -0.05) is 6.92 Å². The maximum Gasteiger partial charge on any atom is 0.227 e. The minimum Gasteiger partial charge on any atom is -0.379 e. The van der Waals surface area contributed by atoms with E-state index < -0.39 is 0 Å². The van der Waals surface area contributed by atoms with Crippen LogP contribution in [0.25, 0.3) is 0 Å². The molecule has 4 nitrogen and oxygen atoms in total. The monoisotopic (exact) mass is 292 g/mol. The molecule has 1 amide bonds. The van der Waals surface area contributed by atoms with Crippen LogP contribution in [-0.4, -0.2) is 37.7 Å². The number of rotatable bonds is 4. The van der Waals surface area contributed by atoms with Gasteiger partial charge in [0.15, 0.2) is 0 Å². The first-order valence-electron chi connectivity index (χ1n) is 8.86. The fraction of sp³-hybridized carbons (Fsp3) is 0.941. The number of hydrogen-bond donors (Lipinski definition) is 2. The fourth-order valence-corrected chi connectivity index (χ4v) is 5.71. The molecule has 0 radical (unpaired) electrons. The minimum atomic E-state index is 0.00198. The van der Waals surface area contributed by atoms with Crippen LogP contribution in [0.15, 0.2) is 0 Å². The lowest BCUT2D eigenvalue weighted by atomic mass is 9.54. The zero-order valence-electron chi connectivity index (χ0n) is 13.0. The van der Waals surface area contributed by atoms with Gasteiger partial charge in [-0.2, -0.15) is 0 Å². The number of likely N-dealkylation sites (N-methyl/N-ethyl adjacent to an activating group) is 1. The van der Waals surface area contributed by atoms with Crippen LogP contribution in [0.4, 0.5) is 0 Å². The van der Waals surface area contributed by atoms with E-state index >= 15 is 0 Å². The van der Waals surface area contributed by atoms with E-state index in [4.69, 9.17) is 4.74 Å². The number of ether oxygens (including phenoxy) is 1. The summed E-state index contributed by atoms with van der Waals surface area (Å²) in [6, 6.07) is 0.653. The summed E-state index contributed by atoms with van der Waals surface area (Å²) in [5.74, 6) is 3.67. The topological polar surface area (TPSA) is 50.4 Å². The summed E-state index contributed by atoms with van der Waals surface area (Å²) in [7, 11) is 0. The van der Waals surface area contributed by atoms with Gasteiger partial charge >= 0.3 is 0 Å². The number of nitrogens with one attached hydrogen (secondary N) is 2. The van der Waals surface area contributed by atoms with E-state index in [1.807, 2.05) is 0 Å². The first-order valence-corrected chi connectivity index (χ1v) is 8.86. The van der Waals surface area contributed by atoms with Crippen molar-refractivity contribution in [3.8, 4) is 0 Å². The Labute approximate surface area is 127 Å². The zero-order chi connectivity index (χ0) is 14.4. The van der Waals surface area contributed by atoms with Crippen molar-refractivity contribution in [2.24, 2.45) is 29.6 Å². The van der Waals surface area contributed by atoms with Crippen molar-refractivity contribution < 1.29 is 9.53 Å². The molecule has 118 valence electrons. The highest BCUT2D eigenvalue weighted by molar-refractivity contribution is 5.80. The maximum absolute atomic E-state index is 12.7. The van der Waals surface area contributed by atoms with E-state index in [9.17, 15) is 4.79 Å². The van der Waals surface area contributed by atoms with Gasteiger partial charge in [-0.15, -0.1) is 0 Å². The highest BCUT2D eigenvalue weighted by Crippen LogP contribution is 2.53. The van der Waals surface area contributed by atoms with Crippen LogP contribution in [0, 0.1) is 29.6 Å². The van der Waals surface area contributed by atoms with Crippen LogP contribution in [0.5, 0.6) is 0 Å². The molecule has 0 aromatic heterocycles. The molecule has 5 rings (SSSR count). The Morgan fingerprint density at radius 3 is 2.33 bits per heavy atom. The summed E-state index contributed by atoms with van der Waals surface area (Å²) in [5, 5.41) is 6.82. The van der Waals surface area contributed by atoms with Crippen LogP contribution >= 0.6 is 0 Å². The molecule has 0 spiro atoms. The lowest BCUT2D eigenvalue weighted by Gasteiger charge is -2.54. The van der Waals surface area contributed by atoms with Gasteiger partial charge in [-0.05, 0) is 62.3 Å². The summed E-state index contributed by atoms with van der Waals surface area (Å²) in [6.45, 7) is 4.24.